The maximum absolute atomic E-state index is 12.9. The number of carbonyl (C=O) groups is 3. The van der Waals surface area contributed by atoms with Crippen LogP contribution in [0.4, 0.5) is 5.69 Å². The molecule has 166 valence electrons. The van der Waals surface area contributed by atoms with Crippen molar-refractivity contribution in [3.63, 3.8) is 0 Å². The monoisotopic (exact) mass is 426 g/mol. The van der Waals surface area contributed by atoms with Crippen LogP contribution in [-0.4, -0.2) is 53.9 Å². The quantitative estimate of drug-likeness (QED) is 0.417. The lowest BCUT2D eigenvalue weighted by Gasteiger charge is -2.22. The van der Waals surface area contributed by atoms with Crippen LogP contribution in [0.15, 0.2) is 36.5 Å². The highest BCUT2D eigenvalue weighted by atomic mass is 16.2. The first-order valence-electron chi connectivity index (χ1n) is 10.5. The predicted octanol–water partition coefficient (Wildman–Crippen LogP) is 0.510. The van der Waals surface area contributed by atoms with Crippen LogP contribution in [-0.2, 0) is 14.4 Å². The van der Waals surface area contributed by atoms with Gasteiger partial charge in [0.05, 0.1) is 30.0 Å². The van der Waals surface area contributed by atoms with Crippen LogP contribution in [0.3, 0.4) is 0 Å². The largest absolute Gasteiger partial charge is 0.351 e. The van der Waals surface area contributed by atoms with E-state index in [4.69, 9.17) is 5.73 Å². The Bertz CT molecular complexity index is 948. The van der Waals surface area contributed by atoms with Crippen LogP contribution in [0.25, 0.3) is 10.9 Å². The van der Waals surface area contributed by atoms with Gasteiger partial charge in [0.25, 0.3) is 0 Å². The number of pyridine rings is 1. The second-order valence-electron chi connectivity index (χ2n) is 8.26. The fourth-order valence-corrected chi connectivity index (χ4v) is 3.68. The normalized spacial score (nSPS) is 19.2. The number of amides is 3. The van der Waals surface area contributed by atoms with Crippen molar-refractivity contribution in [2.24, 2.45) is 11.7 Å². The lowest BCUT2D eigenvalue weighted by molar-refractivity contribution is -0.128. The number of para-hydroxylation sites is 1. The molecule has 3 unspecified atom stereocenters. The van der Waals surface area contributed by atoms with Gasteiger partial charge in [0.15, 0.2) is 0 Å². The number of hydrogen-bond donors (Lipinski definition) is 5. The zero-order valence-corrected chi connectivity index (χ0v) is 17.9. The summed E-state index contributed by atoms with van der Waals surface area (Å²) in [6.45, 7) is 4.38. The van der Waals surface area contributed by atoms with E-state index in [0.29, 0.717) is 25.1 Å². The molecular weight excluding hydrogens is 396 g/mol. The van der Waals surface area contributed by atoms with Crippen LogP contribution < -0.4 is 27.0 Å². The van der Waals surface area contributed by atoms with Gasteiger partial charge in [0.1, 0.15) is 6.04 Å². The molecule has 9 nitrogen and oxygen atoms in total. The molecule has 0 radical (unpaired) electrons. The minimum absolute atomic E-state index is 0.0897. The summed E-state index contributed by atoms with van der Waals surface area (Å²) in [7, 11) is 0. The van der Waals surface area contributed by atoms with Gasteiger partial charge < -0.3 is 27.0 Å². The Hall–Kier alpha value is -3.04. The van der Waals surface area contributed by atoms with Gasteiger partial charge in [-0.05, 0) is 30.9 Å². The van der Waals surface area contributed by atoms with Crippen molar-refractivity contribution in [1.29, 1.82) is 0 Å². The molecule has 2 aromatic rings. The summed E-state index contributed by atoms with van der Waals surface area (Å²) >= 11 is 0. The zero-order valence-electron chi connectivity index (χ0n) is 17.9. The van der Waals surface area contributed by atoms with Gasteiger partial charge in [-0.2, -0.15) is 0 Å². The Balaban J connectivity index is 1.63. The molecule has 1 aliphatic rings. The highest BCUT2D eigenvalue weighted by molar-refractivity contribution is 5.99. The third-order valence-corrected chi connectivity index (χ3v) is 5.20. The van der Waals surface area contributed by atoms with E-state index in [2.05, 4.69) is 26.3 Å². The van der Waals surface area contributed by atoms with Crippen molar-refractivity contribution in [3.8, 4) is 0 Å². The molecule has 0 saturated carbocycles. The van der Waals surface area contributed by atoms with Crippen LogP contribution in [0.1, 0.15) is 26.7 Å². The van der Waals surface area contributed by atoms with Gasteiger partial charge in [-0.3, -0.25) is 19.4 Å². The van der Waals surface area contributed by atoms with Crippen molar-refractivity contribution in [3.05, 3.63) is 36.5 Å². The zero-order chi connectivity index (χ0) is 22.4. The molecule has 1 fully saturated rings. The third-order valence-electron chi connectivity index (χ3n) is 5.20. The minimum Gasteiger partial charge on any atom is -0.351 e. The Kier molecular flexibility index (Phi) is 7.54. The maximum atomic E-state index is 12.9. The summed E-state index contributed by atoms with van der Waals surface area (Å²) in [5, 5.41) is 12.5. The molecule has 31 heavy (non-hydrogen) atoms. The first kappa shape index (κ1) is 22.6. The number of nitrogens with zero attached hydrogens (tertiary/aromatic N) is 1. The van der Waals surface area contributed by atoms with Crippen LogP contribution in [0.2, 0.25) is 0 Å². The van der Waals surface area contributed by atoms with E-state index in [1.54, 1.807) is 6.20 Å². The summed E-state index contributed by atoms with van der Waals surface area (Å²) in [6.07, 6.45) is 2.55. The van der Waals surface area contributed by atoms with E-state index in [1.807, 2.05) is 44.2 Å². The third kappa shape index (κ3) is 6.22. The molecule has 2 heterocycles. The van der Waals surface area contributed by atoms with E-state index in [-0.39, 0.29) is 36.2 Å². The second-order valence-corrected chi connectivity index (χ2v) is 8.26. The number of fused-ring (bicyclic) bond motifs is 1. The summed E-state index contributed by atoms with van der Waals surface area (Å²) in [6, 6.07) is 8.19. The SMILES string of the molecule is CC(C)CC(NC(=O)C1CC(NC(=O)CN)CN1)C(=O)Nc1cnc2ccccc2c1. The van der Waals surface area contributed by atoms with Crippen molar-refractivity contribution >= 4 is 34.3 Å². The van der Waals surface area contributed by atoms with Gasteiger partial charge >= 0.3 is 0 Å². The number of anilines is 1. The molecule has 3 rings (SSSR count). The van der Waals surface area contributed by atoms with E-state index in [1.165, 1.54) is 0 Å². The summed E-state index contributed by atoms with van der Waals surface area (Å²) in [4.78, 5) is 41.5. The highest BCUT2D eigenvalue weighted by Crippen LogP contribution is 2.17. The molecule has 6 N–H and O–H groups in total. The number of rotatable bonds is 8. The van der Waals surface area contributed by atoms with Crippen molar-refractivity contribution in [1.82, 2.24) is 20.9 Å². The van der Waals surface area contributed by atoms with E-state index in [0.717, 1.165) is 10.9 Å². The molecule has 0 aliphatic carbocycles. The first-order chi connectivity index (χ1) is 14.9. The molecule has 0 bridgehead atoms. The molecule has 1 aromatic carbocycles. The fraction of sp³-hybridized carbons (Fsp3) is 0.455. The van der Waals surface area contributed by atoms with Crippen LogP contribution >= 0.6 is 0 Å². The van der Waals surface area contributed by atoms with Crippen LogP contribution in [0.5, 0.6) is 0 Å². The molecule has 1 aromatic heterocycles. The van der Waals surface area contributed by atoms with Gasteiger partial charge in [-0.15, -0.1) is 0 Å². The minimum atomic E-state index is -0.682. The number of nitrogens with one attached hydrogen (secondary N) is 4. The summed E-state index contributed by atoms with van der Waals surface area (Å²) in [5.41, 5.74) is 6.75. The number of aromatic nitrogens is 1. The maximum Gasteiger partial charge on any atom is 0.247 e. The van der Waals surface area contributed by atoms with Crippen LogP contribution in [0, 0.1) is 5.92 Å². The second kappa shape index (κ2) is 10.3. The lowest BCUT2D eigenvalue weighted by Crippen LogP contribution is -2.50. The fourth-order valence-electron chi connectivity index (χ4n) is 3.68. The molecule has 3 atom stereocenters. The summed E-state index contributed by atoms with van der Waals surface area (Å²) in [5.74, 6) is -0.597. The van der Waals surface area contributed by atoms with Crippen molar-refractivity contribution in [2.45, 2.75) is 44.8 Å². The summed E-state index contributed by atoms with van der Waals surface area (Å²) < 4.78 is 0. The Morgan fingerprint density at radius 1 is 1.26 bits per heavy atom. The average Bonchev–Trinajstić information content (AvgIpc) is 3.21. The van der Waals surface area contributed by atoms with E-state index in [9.17, 15) is 14.4 Å². The molecule has 3 amide bonds. The molecule has 1 aliphatic heterocycles. The van der Waals surface area contributed by atoms with E-state index < -0.39 is 12.1 Å². The van der Waals surface area contributed by atoms with Gasteiger partial charge in [-0.1, -0.05) is 32.0 Å². The topological polar surface area (TPSA) is 138 Å². The molecular formula is C22H30N6O3. The number of carbonyl (C=O) groups excluding carboxylic acids is 3. The smallest absolute Gasteiger partial charge is 0.247 e. The Labute approximate surface area is 181 Å². The van der Waals surface area contributed by atoms with E-state index >= 15 is 0 Å². The molecule has 0 spiro atoms. The number of benzene rings is 1. The van der Waals surface area contributed by atoms with Gasteiger partial charge in [0, 0.05) is 18.0 Å². The van der Waals surface area contributed by atoms with Crippen molar-refractivity contribution in [2.75, 3.05) is 18.4 Å². The average molecular weight is 427 g/mol. The van der Waals surface area contributed by atoms with Gasteiger partial charge in [0.2, 0.25) is 17.7 Å². The standard InChI is InChI=1S/C22H30N6O3/c1-13(2)7-19(28-21(30)18-9-16(12-25-18)26-20(29)10-23)22(31)27-15-8-14-5-3-4-6-17(14)24-11-15/h3-6,8,11,13,16,18-19,25H,7,9-10,12,23H2,1-2H3,(H,26,29)(H,27,31)(H,28,30). The molecule has 9 heteroatoms. The van der Waals surface area contributed by atoms with Crippen molar-refractivity contribution < 1.29 is 14.4 Å². The number of nitrogens with two attached hydrogens (primary N) is 1. The lowest BCUT2D eigenvalue weighted by atomic mass is 10.0. The van der Waals surface area contributed by atoms with Gasteiger partial charge in [-0.25, -0.2) is 0 Å². The Morgan fingerprint density at radius 2 is 2.03 bits per heavy atom. The first-order valence-corrected chi connectivity index (χ1v) is 10.5. The Morgan fingerprint density at radius 3 is 2.77 bits per heavy atom. The number of hydrogen-bond acceptors (Lipinski definition) is 6. The predicted molar refractivity (Wildman–Crippen MR) is 119 cm³/mol. The molecule has 1 saturated heterocycles. The highest BCUT2D eigenvalue weighted by Gasteiger charge is 2.32.